The normalized spacial score (nSPS) is 13.0. The van der Waals surface area contributed by atoms with Crippen LogP contribution in [0, 0.1) is 5.92 Å². The summed E-state index contributed by atoms with van der Waals surface area (Å²) >= 11 is 0. The van der Waals surface area contributed by atoms with E-state index in [1.165, 1.54) is 5.57 Å². The quantitative estimate of drug-likeness (QED) is 0.0383. The number of phenols is 1. The van der Waals surface area contributed by atoms with Crippen LogP contribution in [0.4, 0.5) is 0 Å². The number of amides is 3. The second-order valence-corrected chi connectivity index (χ2v) is 15.3. The fourth-order valence-electron chi connectivity index (χ4n) is 6.88. The molecule has 0 heterocycles. The van der Waals surface area contributed by atoms with Crippen molar-refractivity contribution in [2.24, 2.45) is 11.7 Å². The van der Waals surface area contributed by atoms with Crippen molar-refractivity contribution in [2.75, 3.05) is 26.7 Å². The Labute approximate surface area is 356 Å². The van der Waals surface area contributed by atoms with E-state index < -0.39 is 24.1 Å². The fraction of sp³-hybridized carbons (Fsp3) is 0.396. The molecule has 3 amide bonds. The minimum Gasteiger partial charge on any atom is -0.508 e. The minimum atomic E-state index is -1.44. The molecule has 0 aliphatic carbocycles. The van der Waals surface area contributed by atoms with Crippen LogP contribution >= 0.6 is 12.4 Å². The molecule has 318 valence electrons. The summed E-state index contributed by atoms with van der Waals surface area (Å²) in [7, 11) is 1.79. The lowest BCUT2D eigenvalue weighted by Crippen LogP contribution is -2.54. The summed E-state index contributed by atoms with van der Waals surface area (Å²) < 4.78 is 6.03. The molecule has 0 aliphatic heterocycles. The van der Waals surface area contributed by atoms with Crippen LogP contribution in [0.5, 0.6) is 11.5 Å². The van der Waals surface area contributed by atoms with Crippen molar-refractivity contribution in [3.8, 4) is 11.5 Å². The van der Waals surface area contributed by atoms with E-state index in [1.54, 1.807) is 24.1 Å². The zero-order valence-corrected chi connectivity index (χ0v) is 35.8. The zero-order chi connectivity index (χ0) is 41.9. The molecule has 0 unspecified atom stereocenters. The first kappa shape index (κ1) is 48.2. The van der Waals surface area contributed by atoms with Gasteiger partial charge in [0.2, 0.25) is 11.8 Å². The van der Waals surface area contributed by atoms with E-state index in [9.17, 15) is 24.6 Å². The van der Waals surface area contributed by atoms with E-state index in [-0.39, 0.29) is 35.9 Å². The number of phenolic OH excluding ortho intramolecular Hbond substituents is 1. The Balaban J connectivity index is 0.00000930. The van der Waals surface area contributed by atoms with Gasteiger partial charge in [0.1, 0.15) is 30.3 Å². The molecule has 6 N–H and O–H groups in total. The third kappa shape index (κ3) is 15.8. The number of halogens is 1. The molecule has 4 aromatic rings. The maximum Gasteiger partial charge on any atom is 0.251 e. The highest BCUT2D eigenvalue weighted by Gasteiger charge is 2.28. The molecule has 10 nitrogen and oxygen atoms in total. The second-order valence-electron chi connectivity index (χ2n) is 15.3. The molecule has 0 fully saturated rings. The first-order valence-electron chi connectivity index (χ1n) is 20.6. The monoisotopic (exact) mass is 826 g/mol. The summed E-state index contributed by atoms with van der Waals surface area (Å²) in [5.41, 5.74) is 12.6. The molecular formula is C48H63ClN4O6. The number of nitrogens with two attached hydrogens (primary N) is 1. The Hall–Kier alpha value is -5.16. The van der Waals surface area contributed by atoms with Gasteiger partial charge in [-0.25, -0.2) is 0 Å². The topological polar surface area (TPSA) is 154 Å². The Morgan fingerprint density at radius 2 is 1.37 bits per heavy atom. The van der Waals surface area contributed by atoms with Gasteiger partial charge in [-0.1, -0.05) is 119 Å². The number of unbranched alkanes of at least 4 members (excludes halogenated alkanes) is 3. The average molecular weight is 828 g/mol. The van der Waals surface area contributed by atoms with Gasteiger partial charge in [0.05, 0.1) is 6.54 Å². The summed E-state index contributed by atoms with van der Waals surface area (Å²) in [5.74, 6) is 0.209. The third-order valence-electron chi connectivity index (χ3n) is 10.1. The van der Waals surface area contributed by atoms with Crippen molar-refractivity contribution in [1.82, 2.24) is 15.5 Å². The first-order chi connectivity index (χ1) is 28.0. The molecule has 3 atom stereocenters. The van der Waals surface area contributed by atoms with Crippen molar-refractivity contribution in [2.45, 2.75) is 90.3 Å². The molecule has 59 heavy (non-hydrogen) atoms. The fourth-order valence-corrected chi connectivity index (χ4v) is 6.88. The van der Waals surface area contributed by atoms with E-state index in [0.717, 1.165) is 65.7 Å². The van der Waals surface area contributed by atoms with Gasteiger partial charge in [-0.15, -0.1) is 12.4 Å². The molecule has 0 radical (unpaired) electrons. The second kappa shape index (κ2) is 25.4. The van der Waals surface area contributed by atoms with Crippen LogP contribution in [0.3, 0.4) is 0 Å². The van der Waals surface area contributed by atoms with E-state index in [4.69, 9.17) is 10.5 Å². The minimum absolute atomic E-state index is 0. The average Bonchev–Trinajstić information content (AvgIpc) is 3.22. The number of aromatic hydroxyl groups is 1. The molecule has 4 aromatic carbocycles. The molecular weight excluding hydrogens is 764 g/mol. The van der Waals surface area contributed by atoms with Crippen LogP contribution in [0.1, 0.15) is 88.0 Å². The predicted octanol–water partition coefficient (Wildman–Crippen LogP) is 7.55. The smallest absolute Gasteiger partial charge is 0.251 e. The first-order valence-corrected chi connectivity index (χ1v) is 20.6. The summed E-state index contributed by atoms with van der Waals surface area (Å²) in [6.45, 7) is 7.37. The van der Waals surface area contributed by atoms with Crippen LogP contribution in [0.2, 0.25) is 0 Å². The molecule has 0 saturated carbocycles. The van der Waals surface area contributed by atoms with Crippen molar-refractivity contribution < 1.29 is 29.3 Å². The number of aliphatic hydroxyl groups excluding tert-OH is 1. The number of benzene rings is 4. The number of carbonyl (C=O) groups is 3. The van der Waals surface area contributed by atoms with Crippen molar-refractivity contribution in [3.63, 3.8) is 0 Å². The SMILES string of the molecule is CCC(=C(c1ccc(O)cc1)c1ccc(OCCN(C)C(=O)CCCCCCNC(=O)[C@H](CC(C)C)NC(=O)[C@@H](O)[C@H](N)Cc2ccccc2)cc1)c1ccccc1.Cl. The number of likely N-dealkylation sites (N-methyl/N-ethyl adjacent to an activating group) is 1. The van der Waals surface area contributed by atoms with Crippen LogP contribution in [-0.2, 0) is 20.8 Å². The lowest BCUT2D eigenvalue weighted by Gasteiger charge is -2.24. The van der Waals surface area contributed by atoms with Gasteiger partial charge in [0, 0.05) is 26.1 Å². The number of nitrogens with one attached hydrogen (secondary N) is 2. The van der Waals surface area contributed by atoms with Crippen molar-refractivity contribution in [1.29, 1.82) is 0 Å². The number of aliphatic hydroxyl groups is 1. The van der Waals surface area contributed by atoms with E-state index >= 15 is 0 Å². The van der Waals surface area contributed by atoms with E-state index in [1.807, 2.05) is 86.6 Å². The van der Waals surface area contributed by atoms with Crippen LogP contribution in [0.25, 0.3) is 11.1 Å². The van der Waals surface area contributed by atoms with E-state index in [2.05, 4.69) is 41.8 Å². The van der Waals surface area contributed by atoms with Gasteiger partial charge in [-0.2, -0.15) is 0 Å². The van der Waals surface area contributed by atoms with Crippen molar-refractivity contribution >= 4 is 41.3 Å². The number of nitrogens with zero attached hydrogens (tertiary/aromatic N) is 1. The summed E-state index contributed by atoms with van der Waals surface area (Å²) in [5, 5.41) is 26.1. The highest BCUT2D eigenvalue weighted by Crippen LogP contribution is 2.35. The highest BCUT2D eigenvalue weighted by atomic mass is 35.5. The van der Waals surface area contributed by atoms with Crippen LogP contribution < -0.4 is 21.1 Å². The lowest BCUT2D eigenvalue weighted by atomic mass is 9.88. The number of allylic oxidation sites excluding steroid dienone is 1. The summed E-state index contributed by atoms with van der Waals surface area (Å²) in [6, 6.07) is 33.5. The van der Waals surface area contributed by atoms with Gasteiger partial charge in [-0.3, -0.25) is 14.4 Å². The maximum atomic E-state index is 13.0. The molecule has 4 rings (SSSR count). The third-order valence-corrected chi connectivity index (χ3v) is 10.1. The van der Waals surface area contributed by atoms with Crippen LogP contribution in [0.15, 0.2) is 109 Å². The molecule has 0 aliphatic rings. The van der Waals surface area contributed by atoms with Gasteiger partial charge in [-0.05, 0) is 95.7 Å². The molecule has 0 aromatic heterocycles. The van der Waals surface area contributed by atoms with E-state index in [0.29, 0.717) is 39.0 Å². The number of hydrogen-bond acceptors (Lipinski definition) is 7. The molecule has 0 bridgehead atoms. The molecule has 11 heteroatoms. The van der Waals surface area contributed by atoms with Gasteiger partial charge in [0.15, 0.2) is 0 Å². The Morgan fingerprint density at radius 3 is 1.98 bits per heavy atom. The number of ether oxygens (including phenoxy) is 1. The summed E-state index contributed by atoms with van der Waals surface area (Å²) in [6.07, 6.45) is 3.77. The molecule has 0 spiro atoms. The number of carbonyl (C=O) groups excluding carboxylic acids is 3. The lowest BCUT2D eigenvalue weighted by molar-refractivity contribution is -0.135. The van der Waals surface area contributed by atoms with Gasteiger partial charge < -0.3 is 36.2 Å². The number of hydrogen-bond donors (Lipinski definition) is 5. The Bertz CT molecular complexity index is 1890. The van der Waals surface area contributed by atoms with Gasteiger partial charge in [0.25, 0.3) is 5.91 Å². The van der Waals surface area contributed by atoms with Crippen LogP contribution in [-0.4, -0.2) is 77.8 Å². The standard InChI is InChI=1S/C48H62N4O6.ClH/c1-5-41(36-18-12-9-13-19-36)45(37-21-25-39(53)26-22-37)38-23-27-40(28-24-38)58-31-30-52(4)44(54)20-14-6-7-15-29-50-47(56)43(32-34(2)3)51-48(57)46(55)42(49)33-35-16-10-8-11-17-35;/h8-13,16-19,21-28,34,42-43,46,53,55H,5-7,14-15,20,29-33,49H2,1-4H3,(H,50,56)(H,51,57);1H/t42-,43+,46+;/m1./s1. The molecule has 0 saturated heterocycles. The zero-order valence-electron chi connectivity index (χ0n) is 34.9. The Morgan fingerprint density at radius 1 is 0.780 bits per heavy atom. The summed E-state index contributed by atoms with van der Waals surface area (Å²) in [4.78, 5) is 40.3. The Kier molecular flexibility index (Phi) is 20.7. The van der Waals surface area contributed by atoms with Gasteiger partial charge >= 0.3 is 0 Å². The van der Waals surface area contributed by atoms with Crippen molar-refractivity contribution in [3.05, 3.63) is 131 Å². The largest absolute Gasteiger partial charge is 0.508 e. The maximum absolute atomic E-state index is 13.0. The highest BCUT2D eigenvalue weighted by molar-refractivity contribution is 5.98. The number of rotatable bonds is 23. The predicted molar refractivity (Wildman–Crippen MR) is 239 cm³/mol.